The van der Waals surface area contributed by atoms with Crippen molar-refractivity contribution in [1.82, 2.24) is 4.90 Å². The van der Waals surface area contributed by atoms with E-state index in [2.05, 4.69) is 0 Å². The molecule has 0 bridgehead atoms. The third-order valence-electron chi connectivity index (χ3n) is 2.59. The predicted octanol–water partition coefficient (Wildman–Crippen LogP) is 3.04. The summed E-state index contributed by atoms with van der Waals surface area (Å²) >= 11 is 5.84. The summed E-state index contributed by atoms with van der Waals surface area (Å²) in [6, 6.07) is 4.63. The van der Waals surface area contributed by atoms with Gasteiger partial charge in [-0.3, -0.25) is 0 Å². The Morgan fingerprint density at radius 1 is 1.41 bits per heavy atom. The summed E-state index contributed by atoms with van der Waals surface area (Å²) in [4.78, 5) is 2.04. The van der Waals surface area contributed by atoms with Crippen molar-refractivity contribution in [2.75, 3.05) is 13.6 Å². The van der Waals surface area contributed by atoms with Crippen molar-refractivity contribution in [1.29, 1.82) is 0 Å². The van der Waals surface area contributed by atoms with E-state index in [0.29, 0.717) is 17.1 Å². The first-order valence-electron chi connectivity index (χ1n) is 5.69. The first-order chi connectivity index (χ1) is 7.78. The summed E-state index contributed by atoms with van der Waals surface area (Å²) in [5.41, 5.74) is 6.34. The molecule has 0 aliphatic heterocycles. The molecule has 0 fully saturated rings. The lowest BCUT2D eigenvalue weighted by Crippen LogP contribution is -2.36. The van der Waals surface area contributed by atoms with Crippen LogP contribution in [0.5, 0.6) is 0 Å². The summed E-state index contributed by atoms with van der Waals surface area (Å²) in [7, 11) is 1.95. The van der Waals surface area contributed by atoms with E-state index in [1.54, 1.807) is 12.1 Å². The molecule has 96 valence electrons. The van der Waals surface area contributed by atoms with Crippen molar-refractivity contribution in [3.63, 3.8) is 0 Å². The number of rotatable bonds is 5. The van der Waals surface area contributed by atoms with Crippen molar-refractivity contribution in [3.05, 3.63) is 34.6 Å². The molecule has 2 N–H and O–H groups in total. The van der Waals surface area contributed by atoms with Crippen LogP contribution >= 0.6 is 11.6 Å². The molecule has 4 heteroatoms. The zero-order chi connectivity index (χ0) is 13.1. The van der Waals surface area contributed by atoms with E-state index < -0.39 is 0 Å². The largest absolute Gasteiger partial charge is 0.326 e. The van der Waals surface area contributed by atoms with Gasteiger partial charge in [-0.1, -0.05) is 11.6 Å². The Morgan fingerprint density at radius 3 is 2.65 bits per heavy atom. The van der Waals surface area contributed by atoms with Gasteiger partial charge in [-0.05, 0) is 52.1 Å². The number of halogens is 2. The summed E-state index contributed by atoms with van der Waals surface area (Å²) in [5.74, 6) is -0.215. The van der Waals surface area contributed by atoms with Gasteiger partial charge < -0.3 is 10.6 Å². The molecule has 0 saturated carbocycles. The van der Waals surface area contributed by atoms with Gasteiger partial charge in [-0.2, -0.15) is 0 Å². The molecule has 0 amide bonds. The van der Waals surface area contributed by atoms with Crippen molar-refractivity contribution >= 4 is 11.6 Å². The molecule has 0 aliphatic rings. The minimum absolute atomic E-state index is 0.193. The van der Waals surface area contributed by atoms with Gasteiger partial charge in [-0.15, -0.1) is 0 Å². The monoisotopic (exact) mass is 258 g/mol. The van der Waals surface area contributed by atoms with Gasteiger partial charge in [0.05, 0.1) is 0 Å². The van der Waals surface area contributed by atoms with Crippen LogP contribution in [0.4, 0.5) is 4.39 Å². The fraction of sp³-hybridized carbons (Fsp3) is 0.538. The molecule has 17 heavy (non-hydrogen) atoms. The van der Waals surface area contributed by atoms with Crippen LogP contribution in [0.1, 0.15) is 25.8 Å². The number of nitrogens with zero attached hydrogens (tertiary/aromatic N) is 1. The van der Waals surface area contributed by atoms with E-state index in [4.69, 9.17) is 17.3 Å². The molecule has 1 rings (SSSR count). The van der Waals surface area contributed by atoms with Crippen LogP contribution in [0.3, 0.4) is 0 Å². The van der Waals surface area contributed by atoms with Gasteiger partial charge in [0, 0.05) is 22.7 Å². The lowest BCUT2D eigenvalue weighted by molar-refractivity contribution is 0.285. The van der Waals surface area contributed by atoms with Gasteiger partial charge in [0.2, 0.25) is 0 Å². The van der Waals surface area contributed by atoms with Crippen molar-refractivity contribution < 1.29 is 4.39 Å². The second kappa shape index (κ2) is 5.80. The summed E-state index contributed by atoms with van der Waals surface area (Å²) < 4.78 is 13.5. The SMILES string of the molecule is CN(CCC(C)(C)N)Cc1cc(Cl)ccc1F. The van der Waals surface area contributed by atoms with E-state index in [1.165, 1.54) is 6.07 Å². The molecule has 0 aromatic heterocycles. The van der Waals surface area contributed by atoms with E-state index in [9.17, 15) is 4.39 Å². The summed E-state index contributed by atoms with van der Waals surface area (Å²) in [5, 5.41) is 0.564. The molecule has 1 aromatic carbocycles. The van der Waals surface area contributed by atoms with Gasteiger partial charge in [0.15, 0.2) is 0 Å². The molecule has 0 saturated heterocycles. The quantitative estimate of drug-likeness (QED) is 0.880. The number of benzene rings is 1. The Balaban J connectivity index is 2.56. The highest BCUT2D eigenvalue weighted by Gasteiger charge is 2.13. The van der Waals surface area contributed by atoms with E-state index in [0.717, 1.165) is 13.0 Å². The normalized spacial score (nSPS) is 12.2. The molecule has 0 atom stereocenters. The molecule has 0 radical (unpaired) electrons. The lowest BCUT2D eigenvalue weighted by Gasteiger charge is -2.23. The molecular weight excluding hydrogens is 239 g/mol. The van der Waals surface area contributed by atoms with Crippen LogP contribution in [0.15, 0.2) is 18.2 Å². The minimum Gasteiger partial charge on any atom is -0.326 e. The second-order valence-electron chi connectivity index (χ2n) is 5.21. The van der Waals surface area contributed by atoms with Crippen LogP contribution in [0.2, 0.25) is 5.02 Å². The van der Waals surface area contributed by atoms with Crippen LogP contribution in [-0.4, -0.2) is 24.0 Å². The van der Waals surface area contributed by atoms with Crippen molar-refractivity contribution in [3.8, 4) is 0 Å². The highest BCUT2D eigenvalue weighted by molar-refractivity contribution is 6.30. The average molecular weight is 259 g/mol. The summed E-state index contributed by atoms with van der Waals surface area (Å²) in [6.07, 6.45) is 0.867. The second-order valence-corrected chi connectivity index (χ2v) is 5.65. The molecular formula is C13H20ClFN2. The maximum atomic E-state index is 13.5. The first-order valence-corrected chi connectivity index (χ1v) is 6.07. The Kier molecular flexibility index (Phi) is 4.92. The Hall–Kier alpha value is -0.640. The van der Waals surface area contributed by atoms with Crippen LogP contribution < -0.4 is 5.73 Å². The molecule has 2 nitrogen and oxygen atoms in total. The zero-order valence-corrected chi connectivity index (χ0v) is 11.4. The Bertz CT molecular complexity index is 374. The highest BCUT2D eigenvalue weighted by Crippen LogP contribution is 2.16. The van der Waals surface area contributed by atoms with Crippen LogP contribution in [0, 0.1) is 5.82 Å². The smallest absolute Gasteiger partial charge is 0.127 e. The maximum absolute atomic E-state index is 13.5. The minimum atomic E-state index is -0.215. The molecule has 0 spiro atoms. The van der Waals surface area contributed by atoms with Crippen LogP contribution in [0.25, 0.3) is 0 Å². The van der Waals surface area contributed by atoms with Crippen LogP contribution in [-0.2, 0) is 6.54 Å². The number of hydrogen-bond donors (Lipinski definition) is 1. The van der Waals surface area contributed by atoms with Gasteiger partial charge >= 0.3 is 0 Å². The lowest BCUT2D eigenvalue weighted by atomic mass is 10.0. The average Bonchev–Trinajstić information content (AvgIpc) is 2.20. The Labute approximate surface area is 108 Å². The fourth-order valence-corrected chi connectivity index (χ4v) is 1.71. The predicted molar refractivity (Wildman–Crippen MR) is 70.6 cm³/mol. The number of hydrogen-bond acceptors (Lipinski definition) is 2. The topological polar surface area (TPSA) is 29.3 Å². The fourth-order valence-electron chi connectivity index (χ4n) is 1.51. The Morgan fingerprint density at radius 2 is 2.06 bits per heavy atom. The van der Waals surface area contributed by atoms with E-state index in [-0.39, 0.29) is 11.4 Å². The first kappa shape index (κ1) is 14.4. The van der Waals surface area contributed by atoms with Gasteiger partial charge in [0.1, 0.15) is 5.82 Å². The van der Waals surface area contributed by atoms with Crippen molar-refractivity contribution in [2.24, 2.45) is 5.73 Å². The number of nitrogens with two attached hydrogens (primary N) is 1. The van der Waals surface area contributed by atoms with E-state index >= 15 is 0 Å². The molecule has 0 unspecified atom stereocenters. The van der Waals surface area contributed by atoms with E-state index in [1.807, 2.05) is 25.8 Å². The highest BCUT2D eigenvalue weighted by atomic mass is 35.5. The third kappa shape index (κ3) is 5.48. The summed E-state index contributed by atoms with van der Waals surface area (Å²) in [6.45, 7) is 5.35. The maximum Gasteiger partial charge on any atom is 0.127 e. The van der Waals surface area contributed by atoms with Crippen molar-refractivity contribution in [2.45, 2.75) is 32.4 Å². The molecule has 0 aliphatic carbocycles. The molecule has 0 heterocycles. The standard InChI is InChI=1S/C13H20ClFN2/c1-13(2,16)6-7-17(3)9-10-8-11(14)4-5-12(10)15/h4-5,8H,6-7,9,16H2,1-3H3. The zero-order valence-electron chi connectivity index (χ0n) is 10.6. The third-order valence-corrected chi connectivity index (χ3v) is 2.82. The molecule has 1 aromatic rings. The van der Waals surface area contributed by atoms with Gasteiger partial charge in [-0.25, -0.2) is 4.39 Å². The van der Waals surface area contributed by atoms with Gasteiger partial charge in [0.25, 0.3) is 0 Å².